The van der Waals surface area contributed by atoms with Gasteiger partial charge in [-0.3, -0.25) is 10.2 Å². The summed E-state index contributed by atoms with van der Waals surface area (Å²) in [4.78, 5) is 35.4. The summed E-state index contributed by atoms with van der Waals surface area (Å²) >= 11 is 0. The smallest absolute Gasteiger partial charge is 0.426 e. The average Bonchev–Trinajstić information content (AvgIpc) is 2.59. The van der Waals surface area contributed by atoms with Crippen molar-refractivity contribution in [3.8, 4) is 5.75 Å². The number of esters is 1. The summed E-state index contributed by atoms with van der Waals surface area (Å²) < 4.78 is 10.2. The number of hydrogen-bond acceptors (Lipinski definition) is 5. The minimum Gasteiger partial charge on any atom is -0.443 e. The van der Waals surface area contributed by atoms with Crippen LogP contribution in [0.5, 0.6) is 5.75 Å². The molecule has 7 nitrogen and oxygen atoms in total. The summed E-state index contributed by atoms with van der Waals surface area (Å²) in [6.07, 6.45) is -0.765. The van der Waals surface area contributed by atoms with E-state index in [9.17, 15) is 14.4 Å². The van der Waals surface area contributed by atoms with Gasteiger partial charge in [-0.05, 0) is 57.2 Å². The third kappa shape index (κ3) is 5.94. The molecule has 2 aromatic rings. The zero-order valence-electron chi connectivity index (χ0n) is 14.7. The minimum absolute atomic E-state index is 0.278. The summed E-state index contributed by atoms with van der Waals surface area (Å²) in [7, 11) is 0. The van der Waals surface area contributed by atoms with E-state index < -0.39 is 23.6 Å². The van der Waals surface area contributed by atoms with Gasteiger partial charge in [0.15, 0.2) is 0 Å². The zero-order chi connectivity index (χ0) is 19.2. The van der Waals surface area contributed by atoms with Crippen molar-refractivity contribution in [1.29, 1.82) is 0 Å². The summed E-state index contributed by atoms with van der Waals surface area (Å²) in [6, 6.07) is 14.5. The van der Waals surface area contributed by atoms with Crippen molar-refractivity contribution in [2.24, 2.45) is 0 Å². The molecule has 2 aromatic carbocycles. The Morgan fingerprint density at radius 3 is 2.00 bits per heavy atom. The normalized spacial score (nSPS) is 10.6. The van der Waals surface area contributed by atoms with Crippen LogP contribution in [-0.4, -0.2) is 23.6 Å². The fourth-order valence-electron chi connectivity index (χ4n) is 1.90. The van der Waals surface area contributed by atoms with Crippen LogP contribution in [0.4, 0.5) is 4.79 Å². The predicted octanol–water partition coefficient (Wildman–Crippen LogP) is 3.08. The molecular weight excluding hydrogens is 336 g/mol. The molecule has 0 aliphatic heterocycles. The first kappa shape index (κ1) is 19.0. The lowest BCUT2D eigenvalue weighted by molar-refractivity contribution is 0.0483. The highest BCUT2D eigenvalue weighted by Crippen LogP contribution is 2.14. The highest BCUT2D eigenvalue weighted by Gasteiger charge is 2.17. The maximum absolute atomic E-state index is 12.0. The van der Waals surface area contributed by atoms with Gasteiger partial charge in [0, 0.05) is 5.56 Å². The zero-order valence-corrected chi connectivity index (χ0v) is 14.7. The third-order valence-electron chi connectivity index (χ3n) is 3.01. The number of carbonyl (C=O) groups excluding carboxylic acids is 3. The highest BCUT2D eigenvalue weighted by molar-refractivity contribution is 5.95. The second-order valence-corrected chi connectivity index (χ2v) is 6.36. The van der Waals surface area contributed by atoms with E-state index in [2.05, 4.69) is 10.9 Å². The predicted molar refractivity (Wildman–Crippen MR) is 94.7 cm³/mol. The van der Waals surface area contributed by atoms with Crippen LogP contribution in [0.25, 0.3) is 0 Å². The molecule has 0 radical (unpaired) electrons. The molecule has 2 rings (SSSR count). The van der Waals surface area contributed by atoms with Gasteiger partial charge in [0.1, 0.15) is 11.4 Å². The van der Waals surface area contributed by atoms with Crippen LogP contribution < -0.4 is 15.6 Å². The molecule has 0 atom stereocenters. The van der Waals surface area contributed by atoms with Crippen molar-refractivity contribution < 1.29 is 23.9 Å². The van der Waals surface area contributed by atoms with Crippen molar-refractivity contribution in [3.05, 3.63) is 65.7 Å². The van der Waals surface area contributed by atoms with Crippen LogP contribution in [0.15, 0.2) is 54.6 Å². The van der Waals surface area contributed by atoms with E-state index in [1.54, 1.807) is 51.1 Å². The average molecular weight is 356 g/mol. The van der Waals surface area contributed by atoms with Crippen LogP contribution >= 0.6 is 0 Å². The van der Waals surface area contributed by atoms with Crippen molar-refractivity contribution in [3.63, 3.8) is 0 Å². The minimum atomic E-state index is -0.765. The number of carbonyl (C=O) groups is 3. The fraction of sp³-hybridized carbons (Fsp3) is 0.211. The van der Waals surface area contributed by atoms with Gasteiger partial charge in [0.25, 0.3) is 5.91 Å². The Morgan fingerprint density at radius 1 is 0.808 bits per heavy atom. The molecule has 7 heteroatoms. The summed E-state index contributed by atoms with van der Waals surface area (Å²) in [5.41, 5.74) is 4.43. The van der Waals surface area contributed by atoms with E-state index in [0.29, 0.717) is 11.3 Å². The van der Waals surface area contributed by atoms with Gasteiger partial charge >= 0.3 is 12.1 Å². The van der Waals surface area contributed by atoms with Gasteiger partial charge in [0.05, 0.1) is 5.56 Å². The molecule has 0 aliphatic carbocycles. The first-order chi connectivity index (χ1) is 12.2. The van der Waals surface area contributed by atoms with Crippen molar-refractivity contribution in [2.75, 3.05) is 0 Å². The molecule has 2 amide bonds. The van der Waals surface area contributed by atoms with E-state index in [1.807, 2.05) is 0 Å². The van der Waals surface area contributed by atoms with Gasteiger partial charge in [-0.15, -0.1) is 0 Å². The van der Waals surface area contributed by atoms with E-state index in [0.717, 1.165) is 0 Å². The number of hydrogen-bond donors (Lipinski definition) is 2. The summed E-state index contributed by atoms with van der Waals surface area (Å²) in [5, 5.41) is 0. The fourth-order valence-corrected chi connectivity index (χ4v) is 1.90. The van der Waals surface area contributed by atoms with Crippen LogP contribution in [-0.2, 0) is 4.74 Å². The van der Waals surface area contributed by atoms with Crippen LogP contribution in [0.3, 0.4) is 0 Å². The molecule has 0 spiro atoms. The summed E-state index contributed by atoms with van der Waals surface area (Å²) in [5.74, 6) is -0.721. The monoisotopic (exact) mass is 356 g/mol. The topological polar surface area (TPSA) is 93.7 Å². The van der Waals surface area contributed by atoms with Gasteiger partial charge in [0.2, 0.25) is 0 Å². The maximum Gasteiger partial charge on any atom is 0.426 e. The molecule has 0 aromatic heterocycles. The lowest BCUT2D eigenvalue weighted by atomic mass is 10.2. The molecule has 0 bridgehead atoms. The highest BCUT2D eigenvalue weighted by atomic mass is 16.6. The molecule has 26 heavy (non-hydrogen) atoms. The van der Waals surface area contributed by atoms with Gasteiger partial charge in [-0.2, -0.15) is 0 Å². The first-order valence-electron chi connectivity index (χ1n) is 7.91. The SMILES string of the molecule is CC(C)(C)OC(=O)NNC(=O)c1ccc(OC(=O)c2ccccc2)cc1. The van der Waals surface area contributed by atoms with Gasteiger partial charge < -0.3 is 9.47 Å². The van der Waals surface area contributed by atoms with Crippen LogP contribution in [0.1, 0.15) is 41.5 Å². The maximum atomic E-state index is 12.0. The quantitative estimate of drug-likeness (QED) is 0.501. The number of ether oxygens (including phenoxy) is 2. The molecule has 0 heterocycles. The van der Waals surface area contributed by atoms with Crippen LogP contribution in [0.2, 0.25) is 0 Å². The molecule has 136 valence electrons. The second kappa shape index (κ2) is 8.15. The molecule has 0 saturated carbocycles. The number of amides is 2. The van der Waals surface area contributed by atoms with Crippen molar-refractivity contribution in [2.45, 2.75) is 26.4 Å². The van der Waals surface area contributed by atoms with Crippen molar-refractivity contribution >= 4 is 18.0 Å². The third-order valence-corrected chi connectivity index (χ3v) is 3.01. The second-order valence-electron chi connectivity index (χ2n) is 6.36. The van der Waals surface area contributed by atoms with E-state index in [1.165, 1.54) is 24.3 Å². The Bertz CT molecular complexity index is 780. The van der Waals surface area contributed by atoms with Gasteiger partial charge in [-0.25, -0.2) is 15.0 Å². The number of hydrazine groups is 1. The van der Waals surface area contributed by atoms with Crippen LogP contribution in [0, 0.1) is 0 Å². The number of benzene rings is 2. The Morgan fingerprint density at radius 2 is 1.42 bits per heavy atom. The Balaban J connectivity index is 1.89. The first-order valence-corrected chi connectivity index (χ1v) is 7.91. The Hall–Kier alpha value is -3.35. The molecule has 0 aliphatic rings. The van der Waals surface area contributed by atoms with E-state index in [4.69, 9.17) is 9.47 Å². The molecule has 0 saturated heterocycles. The lowest BCUT2D eigenvalue weighted by Gasteiger charge is -2.19. The Labute approximate surface area is 151 Å². The van der Waals surface area contributed by atoms with E-state index in [-0.39, 0.29) is 5.56 Å². The molecule has 2 N–H and O–H groups in total. The molecule has 0 fully saturated rings. The molecule has 0 unspecified atom stereocenters. The molecular formula is C19H20N2O5. The summed E-state index contributed by atoms with van der Waals surface area (Å²) in [6.45, 7) is 5.14. The van der Waals surface area contributed by atoms with E-state index >= 15 is 0 Å². The van der Waals surface area contributed by atoms with Gasteiger partial charge in [-0.1, -0.05) is 18.2 Å². The number of rotatable bonds is 3. The largest absolute Gasteiger partial charge is 0.443 e. The Kier molecular flexibility index (Phi) is 5.95. The lowest BCUT2D eigenvalue weighted by Crippen LogP contribution is -2.44. The number of nitrogens with one attached hydrogen (secondary N) is 2. The standard InChI is InChI=1S/C19H20N2O5/c1-19(2,3)26-18(24)21-20-16(22)13-9-11-15(12-10-13)25-17(23)14-7-5-4-6-8-14/h4-12H,1-3H3,(H,20,22)(H,21,24). The van der Waals surface area contributed by atoms with Crippen molar-refractivity contribution in [1.82, 2.24) is 10.9 Å².